The molecule has 0 radical (unpaired) electrons. The van der Waals surface area contributed by atoms with Gasteiger partial charge in [-0.2, -0.15) is 0 Å². The minimum Gasteiger partial charge on any atom is -0.438 e. The molecule has 0 saturated carbocycles. The first-order chi connectivity index (χ1) is 16.7. The lowest BCUT2D eigenvalue weighted by Crippen LogP contribution is -2.25. The second-order valence-corrected chi connectivity index (χ2v) is 8.05. The highest BCUT2D eigenvalue weighted by molar-refractivity contribution is 5.96. The summed E-state index contributed by atoms with van der Waals surface area (Å²) in [6.45, 7) is 2.70. The average molecular weight is 453 g/mol. The van der Waals surface area contributed by atoms with Crippen LogP contribution in [0.1, 0.15) is 36.5 Å². The summed E-state index contributed by atoms with van der Waals surface area (Å²) in [4.78, 5) is 21.4. The third-order valence-electron chi connectivity index (χ3n) is 5.42. The number of pyridine rings is 2. The largest absolute Gasteiger partial charge is 0.438 e. The van der Waals surface area contributed by atoms with E-state index in [0.717, 1.165) is 30.8 Å². The number of rotatable bonds is 8. The highest BCUT2D eigenvalue weighted by atomic mass is 16.5. The van der Waals surface area contributed by atoms with Gasteiger partial charge in [-0.1, -0.05) is 41.5 Å². The molecule has 4 rings (SSSR count). The van der Waals surface area contributed by atoms with Gasteiger partial charge in [0.25, 0.3) is 5.91 Å². The van der Waals surface area contributed by atoms with E-state index in [9.17, 15) is 4.79 Å². The topological polar surface area (TPSA) is 76.1 Å². The normalized spacial score (nSPS) is 13.2. The zero-order valence-electron chi connectivity index (χ0n) is 19.2. The van der Waals surface area contributed by atoms with Crippen molar-refractivity contribution in [3.05, 3.63) is 108 Å². The summed E-state index contributed by atoms with van der Waals surface area (Å²) in [5.74, 6) is 1.43. The minimum atomic E-state index is -0.199. The van der Waals surface area contributed by atoms with Crippen molar-refractivity contribution in [2.75, 3.05) is 11.9 Å². The van der Waals surface area contributed by atoms with Crippen LogP contribution < -0.4 is 15.4 Å². The smallest absolute Gasteiger partial charge is 0.256 e. The fourth-order valence-electron chi connectivity index (χ4n) is 3.52. The lowest BCUT2D eigenvalue weighted by atomic mass is 10.0. The van der Waals surface area contributed by atoms with Crippen LogP contribution in [0, 0.1) is 0 Å². The zero-order chi connectivity index (χ0) is 23.6. The Morgan fingerprint density at radius 1 is 0.941 bits per heavy atom. The van der Waals surface area contributed by atoms with Crippen LogP contribution >= 0.6 is 0 Å². The number of hydrogen-bond donors (Lipinski definition) is 2. The number of ether oxygens (including phenoxy) is 1. The highest BCUT2D eigenvalue weighted by Crippen LogP contribution is 2.25. The average Bonchev–Trinajstić information content (AvgIpc) is 2.85. The third-order valence-corrected chi connectivity index (χ3v) is 5.42. The summed E-state index contributed by atoms with van der Waals surface area (Å²) in [5.41, 5.74) is 3.98. The van der Waals surface area contributed by atoms with Crippen LogP contribution in [0.25, 0.3) is 0 Å². The van der Waals surface area contributed by atoms with E-state index in [1.165, 1.54) is 11.1 Å². The second-order valence-electron chi connectivity index (χ2n) is 8.05. The molecule has 6 heteroatoms. The van der Waals surface area contributed by atoms with E-state index < -0.39 is 0 Å². The Morgan fingerprint density at radius 2 is 1.76 bits per heavy atom. The number of amides is 1. The van der Waals surface area contributed by atoms with Crippen molar-refractivity contribution in [2.45, 2.75) is 26.2 Å². The summed E-state index contributed by atoms with van der Waals surface area (Å²) in [5, 5.41) is 6.23. The van der Waals surface area contributed by atoms with Gasteiger partial charge in [0.15, 0.2) is 0 Å². The van der Waals surface area contributed by atoms with Crippen molar-refractivity contribution in [1.82, 2.24) is 15.3 Å². The number of allylic oxidation sites excluding steroid dienone is 5. The van der Waals surface area contributed by atoms with E-state index in [-0.39, 0.29) is 11.8 Å². The van der Waals surface area contributed by atoms with Gasteiger partial charge >= 0.3 is 0 Å². The Kier molecular flexibility index (Phi) is 7.85. The molecule has 1 aromatic carbocycles. The van der Waals surface area contributed by atoms with E-state index in [0.29, 0.717) is 17.9 Å². The number of benzene rings is 1. The van der Waals surface area contributed by atoms with Crippen molar-refractivity contribution in [3.8, 4) is 11.6 Å². The van der Waals surface area contributed by atoms with Crippen LogP contribution in [0.3, 0.4) is 0 Å². The van der Waals surface area contributed by atoms with Crippen LogP contribution in [0.5, 0.6) is 11.6 Å². The molecule has 1 amide bonds. The highest BCUT2D eigenvalue weighted by Gasteiger charge is 2.14. The predicted molar refractivity (Wildman–Crippen MR) is 135 cm³/mol. The maximum absolute atomic E-state index is 12.8. The molecular weight excluding hydrogens is 424 g/mol. The van der Waals surface area contributed by atoms with Crippen LogP contribution in [-0.4, -0.2) is 22.4 Å². The molecule has 6 nitrogen and oxygen atoms in total. The Bertz CT molecular complexity index is 1200. The molecule has 1 aliphatic rings. The maximum Gasteiger partial charge on any atom is 0.256 e. The van der Waals surface area contributed by atoms with E-state index in [1.807, 2.05) is 42.5 Å². The Hall–Kier alpha value is -4.19. The van der Waals surface area contributed by atoms with E-state index >= 15 is 0 Å². The number of carbonyl (C=O) groups is 1. The Morgan fingerprint density at radius 3 is 2.59 bits per heavy atom. The van der Waals surface area contributed by atoms with Crippen LogP contribution in [0.4, 0.5) is 11.5 Å². The van der Waals surface area contributed by atoms with Crippen molar-refractivity contribution < 1.29 is 9.53 Å². The summed E-state index contributed by atoms with van der Waals surface area (Å²) in [6.07, 6.45) is 14.6. The van der Waals surface area contributed by atoms with Gasteiger partial charge in [0.05, 0.1) is 0 Å². The lowest BCUT2D eigenvalue weighted by molar-refractivity contribution is 0.0951. The molecule has 3 aromatic rings. The van der Waals surface area contributed by atoms with Gasteiger partial charge in [-0.3, -0.25) is 4.79 Å². The number of hydrogen-bond acceptors (Lipinski definition) is 5. The van der Waals surface area contributed by atoms with Gasteiger partial charge in [0, 0.05) is 24.6 Å². The number of anilines is 2. The monoisotopic (exact) mass is 452 g/mol. The molecule has 2 aromatic heterocycles. The summed E-state index contributed by atoms with van der Waals surface area (Å²) in [6, 6.07) is 16.6. The first-order valence-electron chi connectivity index (χ1n) is 11.4. The Labute approximate surface area is 200 Å². The lowest BCUT2D eigenvalue weighted by Gasteiger charge is -2.12. The molecule has 0 saturated heterocycles. The van der Waals surface area contributed by atoms with Gasteiger partial charge in [-0.15, -0.1) is 0 Å². The molecule has 0 spiro atoms. The fourth-order valence-corrected chi connectivity index (χ4v) is 3.52. The molecule has 1 aliphatic carbocycles. The molecule has 172 valence electrons. The zero-order valence-corrected chi connectivity index (χ0v) is 19.2. The Balaban J connectivity index is 1.34. The van der Waals surface area contributed by atoms with Gasteiger partial charge in [0.1, 0.15) is 17.1 Å². The molecule has 0 atom stereocenters. The molecule has 0 bridgehead atoms. The van der Waals surface area contributed by atoms with E-state index in [4.69, 9.17) is 4.74 Å². The van der Waals surface area contributed by atoms with E-state index in [2.05, 4.69) is 51.8 Å². The van der Waals surface area contributed by atoms with E-state index in [1.54, 1.807) is 24.5 Å². The first-order valence-corrected chi connectivity index (χ1v) is 11.4. The SMILES string of the molecule is CC1=CC=CC=C(CCNC(=O)c2cccnc2Oc2ccc(Nc3ccccn3)cc2)CC1. The van der Waals surface area contributed by atoms with Crippen LogP contribution in [0.15, 0.2) is 102 Å². The third kappa shape index (κ3) is 6.65. The molecule has 2 N–H and O–H groups in total. The van der Waals surface area contributed by atoms with Crippen molar-refractivity contribution >= 4 is 17.4 Å². The molecule has 0 aliphatic heterocycles. The summed E-state index contributed by atoms with van der Waals surface area (Å²) >= 11 is 0. The number of nitrogens with one attached hydrogen (secondary N) is 2. The first kappa shape index (κ1) is 23.0. The van der Waals surface area contributed by atoms with Gasteiger partial charge in [-0.25, -0.2) is 9.97 Å². The van der Waals surface area contributed by atoms with Crippen molar-refractivity contribution in [1.29, 1.82) is 0 Å². The maximum atomic E-state index is 12.8. The fraction of sp³-hybridized carbons (Fsp3) is 0.179. The number of nitrogens with zero attached hydrogens (tertiary/aromatic N) is 2. The number of carbonyl (C=O) groups excluding carboxylic acids is 1. The molecule has 0 fully saturated rings. The number of aromatic nitrogens is 2. The summed E-state index contributed by atoms with van der Waals surface area (Å²) < 4.78 is 5.93. The molecular formula is C28H28N4O2. The van der Waals surface area contributed by atoms with Crippen LogP contribution in [-0.2, 0) is 0 Å². The molecule has 2 heterocycles. The van der Waals surface area contributed by atoms with Crippen molar-refractivity contribution in [3.63, 3.8) is 0 Å². The summed E-state index contributed by atoms with van der Waals surface area (Å²) in [7, 11) is 0. The standard InChI is InChI=1S/C28H28N4O2/c1-21-7-2-3-8-22(12-11-21)17-20-30-27(33)25-9-6-19-31-28(25)34-24-15-13-23(14-16-24)32-26-10-4-5-18-29-26/h2-10,13-16,18-19H,11-12,17,20H2,1H3,(H,29,32)(H,30,33). The van der Waals surface area contributed by atoms with Gasteiger partial charge in [-0.05, 0) is 74.7 Å². The molecule has 34 heavy (non-hydrogen) atoms. The molecule has 0 unspecified atom stereocenters. The van der Waals surface area contributed by atoms with Crippen LogP contribution in [0.2, 0.25) is 0 Å². The van der Waals surface area contributed by atoms with Crippen molar-refractivity contribution in [2.24, 2.45) is 0 Å². The van der Waals surface area contributed by atoms with Gasteiger partial charge < -0.3 is 15.4 Å². The van der Waals surface area contributed by atoms with Gasteiger partial charge in [0.2, 0.25) is 5.88 Å². The predicted octanol–water partition coefficient (Wildman–Crippen LogP) is 6.36. The second kappa shape index (κ2) is 11.6. The quantitative estimate of drug-likeness (QED) is 0.416. The minimum absolute atomic E-state index is 0.199.